The van der Waals surface area contributed by atoms with Crippen LogP contribution in [-0.2, 0) is 14.3 Å². The molecule has 0 fully saturated rings. The number of fused-ring (bicyclic) bond motifs is 3. The van der Waals surface area contributed by atoms with Crippen LogP contribution in [0.1, 0.15) is 40.5 Å². The van der Waals surface area contributed by atoms with Crippen molar-refractivity contribution in [2.45, 2.75) is 24.3 Å². The first-order valence-electron chi connectivity index (χ1n) is 10.3. The summed E-state index contributed by atoms with van der Waals surface area (Å²) in [5.74, 6) is -2.82. The van der Waals surface area contributed by atoms with E-state index in [2.05, 4.69) is 12.1 Å². The molecule has 3 aromatic rings. The Morgan fingerprint density at radius 3 is 2.22 bits per heavy atom. The standard InChI is InChI=1S/C26H22N2O4/c27-14-16-6-5-7-17(12-16)25(23(28)13-24(29)30)26(31)32-15-22-20-10-3-1-8-18(20)19-9-2-4-11-21(19)22/h1-12,22-23,25H,13,15,28H2,(H,29,30)/t23-,25?/m1/s1. The molecule has 4 rings (SSSR count). The first-order chi connectivity index (χ1) is 15.5. The fourth-order valence-corrected chi connectivity index (χ4v) is 4.37. The van der Waals surface area contributed by atoms with Crippen molar-refractivity contribution in [3.05, 3.63) is 95.1 Å². The molecule has 1 aliphatic carbocycles. The van der Waals surface area contributed by atoms with Gasteiger partial charge in [-0.2, -0.15) is 5.26 Å². The highest BCUT2D eigenvalue weighted by Gasteiger charge is 2.33. The third-order valence-corrected chi connectivity index (χ3v) is 5.82. The molecular weight excluding hydrogens is 404 g/mol. The average Bonchev–Trinajstić information content (AvgIpc) is 3.11. The Bertz CT molecular complexity index is 1170. The molecule has 0 amide bonds. The number of ether oxygens (including phenoxy) is 1. The Morgan fingerprint density at radius 2 is 1.62 bits per heavy atom. The van der Waals surface area contributed by atoms with E-state index in [-0.39, 0.29) is 12.5 Å². The molecule has 0 saturated carbocycles. The van der Waals surface area contributed by atoms with Crippen molar-refractivity contribution in [3.63, 3.8) is 0 Å². The van der Waals surface area contributed by atoms with Gasteiger partial charge < -0.3 is 15.6 Å². The van der Waals surface area contributed by atoms with Crippen LogP contribution in [0, 0.1) is 11.3 Å². The lowest BCUT2D eigenvalue weighted by Gasteiger charge is -2.23. The molecule has 6 heteroatoms. The van der Waals surface area contributed by atoms with Gasteiger partial charge in [0.2, 0.25) is 0 Å². The summed E-state index contributed by atoms with van der Waals surface area (Å²) < 4.78 is 5.74. The summed E-state index contributed by atoms with van der Waals surface area (Å²) in [5.41, 5.74) is 11.3. The molecule has 2 atom stereocenters. The molecule has 0 aliphatic heterocycles. The molecule has 0 heterocycles. The Kier molecular flexibility index (Phi) is 6.02. The van der Waals surface area contributed by atoms with Gasteiger partial charge in [0, 0.05) is 12.0 Å². The summed E-state index contributed by atoms with van der Waals surface area (Å²) in [5, 5.41) is 18.4. The van der Waals surface area contributed by atoms with E-state index in [4.69, 9.17) is 10.5 Å². The van der Waals surface area contributed by atoms with Crippen molar-refractivity contribution in [2.24, 2.45) is 5.73 Å². The molecular formula is C26H22N2O4. The van der Waals surface area contributed by atoms with Crippen LogP contribution >= 0.6 is 0 Å². The Morgan fingerprint density at radius 1 is 1.00 bits per heavy atom. The summed E-state index contributed by atoms with van der Waals surface area (Å²) >= 11 is 0. The van der Waals surface area contributed by atoms with Gasteiger partial charge in [0.05, 0.1) is 24.0 Å². The van der Waals surface area contributed by atoms with Crippen LogP contribution in [-0.4, -0.2) is 29.7 Å². The second-order valence-electron chi connectivity index (χ2n) is 7.83. The first kappa shape index (κ1) is 21.3. The molecule has 0 bridgehead atoms. The van der Waals surface area contributed by atoms with E-state index in [1.807, 2.05) is 42.5 Å². The highest BCUT2D eigenvalue weighted by atomic mass is 16.5. The molecule has 1 aliphatic rings. The second-order valence-corrected chi connectivity index (χ2v) is 7.83. The van der Waals surface area contributed by atoms with Gasteiger partial charge in [0.25, 0.3) is 0 Å². The summed E-state index contributed by atoms with van der Waals surface area (Å²) in [6.07, 6.45) is -0.397. The predicted molar refractivity (Wildman–Crippen MR) is 119 cm³/mol. The SMILES string of the molecule is N#Cc1cccc(C(C(=O)OCC2c3ccccc3-c3ccccc32)[C@H](N)CC(=O)O)c1. The lowest BCUT2D eigenvalue weighted by atomic mass is 9.89. The number of rotatable bonds is 7. The number of hydrogen-bond donors (Lipinski definition) is 2. The number of nitriles is 1. The normalized spacial score (nSPS) is 14.0. The van der Waals surface area contributed by atoms with Gasteiger partial charge in [-0.1, -0.05) is 60.7 Å². The van der Waals surface area contributed by atoms with E-state index in [9.17, 15) is 20.0 Å². The molecule has 6 nitrogen and oxygen atoms in total. The number of aliphatic carboxylic acids is 1. The van der Waals surface area contributed by atoms with Crippen molar-refractivity contribution in [1.29, 1.82) is 5.26 Å². The molecule has 0 radical (unpaired) electrons. The van der Waals surface area contributed by atoms with Crippen molar-refractivity contribution in [1.82, 2.24) is 0 Å². The lowest BCUT2D eigenvalue weighted by molar-refractivity contribution is -0.146. The van der Waals surface area contributed by atoms with Crippen molar-refractivity contribution < 1.29 is 19.4 Å². The number of carboxylic acid groups (broad SMARTS) is 1. The summed E-state index contributed by atoms with van der Waals surface area (Å²) in [7, 11) is 0. The van der Waals surface area contributed by atoms with E-state index in [1.165, 1.54) is 0 Å². The van der Waals surface area contributed by atoms with Crippen LogP contribution < -0.4 is 5.73 Å². The molecule has 3 N–H and O–H groups in total. The third-order valence-electron chi connectivity index (χ3n) is 5.82. The highest BCUT2D eigenvalue weighted by molar-refractivity contribution is 5.82. The van der Waals surface area contributed by atoms with Gasteiger partial charge in [-0.3, -0.25) is 9.59 Å². The Hall–Kier alpha value is -3.95. The fourth-order valence-electron chi connectivity index (χ4n) is 4.37. The van der Waals surface area contributed by atoms with Gasteiger partial charge >= 0.3 is 11.9 Å². The minimum atomic E-state index is -1.11. The predicted octanol–water partition coefficient (Wildman–Crippen LogP) is 3.80. The maximum atomic E-state index is 13.2. The molecule has 0 spiro atoms. The van der Waals surface area contributed by atoms with Crippen molar-refractivity contribution >= 4 is 11.9 Å². The van der Waals surface area contributed by atoms with Crippen LogP contribution in [0.2, 0.25) is 0 Å². The fraction of sp³-hybridized carbons (Fsp3) is 0.192. The van der Waals surface area contributed by atoms with Crippen LogP contribution in [0.15, 0.2) is 72.8 Å². The van der Waals surface area contributed by atoms with Gasteiger partial charge in [-0.25, -0.2) is 0 Å². The number of carbonyl (C=O) groups excluding carboxylic acids is 1. The van der Waals surface area contributed by atoms with Crippen LogP contribution in [0.25, 0.3) is 11.1 Å². The zero-order valence-electron chi connectivity index (χ0n) is 17.3. The van der Waals surface area contributed by atoms with Crippen LogP contribution in [0.5, 0.6) is 0 Å². The zero-order chi connectivity index (χ0) is 22.7. The molecule has 32 heavy (non-hydrogen) atoms. The van der Waals surface area contributed by atoms with E-state index >= 15 is 0 Å². The van der Waals surface area contributed by atoms with Gasteiger partial charge in [-0.15, -0.1) is 0 Å². The zero-order valence-corrected chi connectivity index (χ0v) is 17.3. The van der Waals surface area contributed by atoms with Crippen LogP contribution in [0.3, 0.4) is 0 Å². The molecule has 0 saturated heterocycles. The number of benzene rings is 3. The average molecular weight is 426 g/mol. The Labute approximate surface area is 185 Å². The molecule has 160 valence electrons. The van der Waals surface area contributed by atoms with Gasteiger partial charge in [-0.05, 0) is 39.9 Å². The summed E-state index contributed by atoms with van der Waals surface area (Å²) in [6.45, 7) is 0.112. The van der Waals surface area contributed by atoms with E-state index in [0.717, 1.165) is 22.3 Å². The quantitative estimate of drug-likeness (QED) is 0.556. The van der Waals surface area contributed by atoms with E-state index < -0.39 is 30.3 Å². The van der Waals surface area contributed by atoms with Crippen LogP contribution in [0.4, 0.5) is 0 Å². The lowest BCUT2D eigenvalue weighted by Crippen LogP contribution is -2.37. The minimum absolute atomic E-state index is 0.112. The maximum absolute atomic E-state index is 13.2. The monoisotopic (exact) mass is 426 g/mol. The van der Waals surface area contributed by atoms with Crippen molar-refractivity contribution in [3.8, 4) is 17.2 Å². The molecule has 3 aromatic carbocycles. The molecule has 0 aromatic heterocycles. The largest absolute Gasteiger partial charge is 0.481 e. The first-order valence-corrected chi connectivity index (χ1v) is 10.3. The number of hydrogen-bond acceptors (Lipinski definition) is 5. The number of nitrogens with two attached hydrogens (primary N) is 1. The number of esters is 1. The minimum Gasteiger partial charge on any atom is -0.481 e. The number of nitrogens with zero attached hydrogens (tertiary/aromatic N) is 1. The highest BCUT2D eigenvalue weighted by Crippen LogP contribution is 2.44. The smallest absolute Gasteiger partial charge is 0.315 e. The van der Waals surface area contributed by atoms with Gasteiger partial charge in [0.1, 0.15) is 6.61 Å². The second kappa shape index (κ2) is 9.04. The van der Waals surface area contributed by atoms with E-state index in [1.54, 1.807) is 24.3 Å². The summed E-state index contributed by atoms with van der Waals surface area (Å²) in [4.78, 5) is 24.4. The third kappa shape index (κ3) is 4.11. The van der Waals surface area contributed by atoms with Crippen molar-refractivity contribution in [2.75, 3.05) is 6.61 Å². The maximum Gasteiger partial charge on any atom is 0.315 e. The topological polar surface area (TPSA) is 113 Å². The van der Waals surface area contributed by atoms with E-state index in [0.29, 0.717) is 11.1 Å². The summed E-state index contributed by atoms with van der Waals surface area (Å²) in [6, 6.07) is 23.5. The molecule has 1 unspecified atom stereocenters. The number of carbonyl (C=O) groups is 2. The Balaban J connectivity index is 1.60. The van der Waals surface area contributed by atoms with Gasteiger partial charge in [0.15, 0.2) is 0 Å². The number of carboxylic acids is 1.